The molecule has 0 aromatic heterocycles. The van der Waals surface area contributed by atoms with Crippen LogP contribution in [0, 0.1) is 0 Å². The summed E-state index contributed by atoms with van der Waals surface area (Å²) in [4.78, 5) is 14.1. The van der Waals surface area contributed by atoms with Gasteiger partial charge in [-0.2, -0.15) is 4.31 Å². The molecule has 0 atom stereocenters. The molecule has 0 saturated carbocycles. The Balaban J connectivity index is 1.81. The highest BCUT2D eigenvalue weighted by molar-refractivity contribution is 7.88. The summed E-state index contributed by atoms with van der Waals surface area (Å²) in [6.07, 6.45) is 4.57. The van der Waals surface area contributed by atoms with Gasteiger partial charge in [-0.25, -0.2) is 8.42 Å². The Hall–Kier alpha value is -1.80. The highest BCUT2D eigenvalue weighted by Gasteiger charge is 2.21. The van der Waals surface area contributed by atoms with Crippen LogP contribution in [0.1, 0.15) is 25.7 Å². The molecule has 1 aliphatic heterocycles. The first-order chi connectivity index (χ1) is 12.4. The van der Waals surface area contributed by atoms with Crippen molar-refractivity contribution in [2.45, 2.75) is 25.7 Å². The Labute approximate surface area is 155 Å². The number of hydrogen-bond acceptors (Lipinski definition) is 5. The van der Waals surface area contributed by atoms with Crippen molar-refractivity contribution in [3.05, 3.63) is 24.3 Å². The van der Waals surface area contributed by atoms with Crippen molar-refractivity contribution < 1.29 is 22.7 Å². The highest BCUT2D eigenvalue weighted by Crippen LogP contribution is 2.17. The summed E-state index contributed by atoms with van der Waals surface area (Å²) in [5.41, 5.74) is 0. The van der Waals surface area contributed by atoms with Crippen molar-refractivity contribution in [2.24, 2.45) is 0 Å². The van der Waals surface area contributed by atoms with E-state index in [1.165, 1.54) is 4.31 Å². The van der Waals surface area contributed by atoms with Crippen LogP contribution < -0.4 is 9.47 Å². The molecule has 1 aromatic rings. The number of ether oxygens (including phenoxy) is 2. The van der Waals surface area contributed by atoms with Gasteiger partial charge in [0, 0.05) is 32.6 Å². The second-order valence-electron chi connectivity index (χ2n) is 6.38. The van der Waals surface area contributed by atoms with Crippen LogP contribution in [0.3, 0.4) is 0 Å². The van der Waals surface area contributed by atoms with Crippen LogP contribution in [0.5, 0.6) is 11.5 Å². The van der Waals surface area contributed by atoms with E-state index in [0.717, 1.165) is 44.4 Å². The maximum absolute atomic E-state index is 12.2. The van der Waals surface area contributed by atoms with Crippen LogP contribution >= 0.6 is 0 Å². The molecule has 1 aliphatic rings. The second kappa shape index (κ2) is 9.78. The van der Waals surface area contributed by atoms with Gasteiger partial charge in [-0.1, -0.05) is 0 Å². The molecule has 1 amide bonds. The summed E-state index contributed by atoms with van der Waals surface area (Å²) in [6, 6.07) is 7.09. The number of sulfonamides is 1. The summed E-state index contributed by atoms with van der Waals surface area (Å²) in [5, 5.41) is 0. The monoisotopic (exact) mass is 384 g/mol. The minimum Gasteiger partial charge on any atom is -0.497 e. The number of rotatable bonds is 9. The average molecular weight is 384 g/mol. The highest BCUT2D eigenvalue weighted by atomic mass is 32.2. The predicted molar refractivity (Wildman–Crippen MR) is 100.0 cm³/mol. The van der Waals surface area contributed by atoms with Crippen molar-refractivity contribution in [3.63, 3.8) is 0 Å². The maximum atomic E-state index is 12.2. The van der Waals surface area contributed by atoms with Gasteiger partial charge in [-0.05, 0) is 43.5 Å². The summed E-state index contributed by atoms with van der Waals surface area (Å²) >= 11 is 0. The number of amides is 1. The van der Waals surface area contributed by atoms with E-state index in [1.54, 1.807) is 31.4 Å². The SMILES string of the molecule is COc1ccc(OCCN(CCC(=O)N2CCCCC2)S(C)(=O)=O)cc1. The molecule has 0 unspecified atom stereocenters. The first-order valence-electron chi connectivity index (χ1n) is 8.90. The van der Waals surface area contributed by atoms with Crippen molar-refractivity contribution in [1.82, 2.24) is 9.21 Å². The Morgan fingerprint density at radius 3 is 2.27 bits per heavy atom. The molecule has 0 bridgehead atoms. The van der Waals surface area contributed by atoms with Crippen LogP contribution in [-0.4, -0.2) is 69.7 Å². The van der Waals surface area contributed by atoms with E-state index in [0.29, 0.717) is 5.75 Å². The van der Waals surface area contributed by atoms with E-state index in [2.05, 4.69) is 0 Å². The topological polar surface area (TPSA) is 76.2 Å². The van der Waals surface area contributed by atoms with Crippen LogP contribution in [-0.2, 0) is 14.8 Å². The van der Waals surface area contributed by atoms with Crippen LogP contribution in [0.4, 0.5) is 0 Å². The molecule has 1 aromatic carbocycles. The number of carbonyl (C=O) groups excluding carboxylic acids is 1. The van der Waals surface area contributed by atoms with E-state index >= 15 is 0 Å². The van der Waals surface area contributed by atoms with Crippen molar-refractivity contribution in [1.29, 1.82) is 0 Å². The van der Waals surface area contributed by atoms with Gasteiger partial charge in [-0.3, -0.25) is 4.79 Å². The van der Waals surface area contributed by atoms with Crippen molar-refractivity contribution >= 4 is 15.9 Å². The molecule has 1 saturated heterocycles. The van der Waals surface area contributed by atoms with Crippen LogP contribution in [0.15, 0.2) is 24.3 Å². The summed E-state index contributed by atoms with van der Waals surface area (Å²) in [7, 11) is -1.81. The normalized spacial score (nSPS) is 15.1. The Morgan fingerprint density at radius 1 is 1.08 bits per heavy atom. The number of carbonyl (C=O) groups is 1. The zero-order chi connectivity index (χ0) is 19.0. The van der Waals surface area contributed by atoms with Crippen LogP contribution in [0.25, 0.3) is 0 Å². The lowest BCUT2D eigenvalue weighted by Crippen LogP contribution is -2.40. The molecule has 8 heteroatoms. The van der Waals surface area contributed by atoms with Gasteiger partial charge in [0.25, 0.3) is 0 Å². The summed E-state index contributed by atoms with van der Waals surface area (Å²) in [5.74, 6) is 1.39. The van der Waals surface area contributed by atoms with E-state index in [9.17, 15) is 13.2 Å². The Morgan fingerprint density at radius 2 is 1.69 bits per heavy atom. The Kier molecular flexibility index (Phi) is 7.71. The van der Waals surface area contributed by atoms with Gasteiger partial charge >= 0.3 is 0 Å². The number of methoxy groups -OCH3 is 1. The lowest BCUT2D eigenvalue weighted by Gasteiger charge is -2.28. The standard InChI is InChI=1S/C18H28N2O5S/c1-24-16-6-8-17(9-7-16)25-15-14-20(26(2,22)23)13-10-18(21)19-11-4-3-5-12-19/h6-9H,3-5,10-15H2,1-2H3. The molecular weight excluding hydrogens is 356 g/mol. The minimum atomic E-state index is -3.39. The van der Waals surface area contributed by atoms with E-state index in [4.69, 9.17) is 9.47 Å². The number of nitrogens with zero attached hydrogens (tertiary/aromatic N) is 2. The number of likely N-dealkylation sites (tertiary alicyclic amines) is 1. The van der Waals surface area contributed by atoms with Gasteiger partial charge in [0.05, 0.1) is 13.4 Å². The van der Waals surface area contributed by atoms with E-state index in [-0.39, 0.29) is 32.0 Å². The molecule has 0 aliphatic carbocycles. The molecule has 1 heterocycles. The number of piperidine rings is 1. The zero-order valence-corrected chi connectivity index (χ0v) is 16.3. The minimum absolute atomic E-state index is 0.0226. The molecule has 146 valence electrons. The number of hydrogen-bond donors (Lipinski definition) is 0. The molecule has 7 nitrogen and oxygen atoms in total. The zero-order valence-electron chi connectivity index (χ0n) is 15.5. The van der Waals surface area contributed by atoms with E-state index < -0.39 is 10.0 Å². The molecule has 2 rings (SSSR count). The molecule has 1 fully saturated rings. The number of benzene rings is 1. The van der Waals surface area contributed by atoms with E-state index in [1.807, 2.05) is 4.90 Å². The quantitative estimate of drug-likeness (QED) is 0.648. The van der Waals surface area contributed by atoms with Crippen LogP contribution in [0.2, 0.25) is 0 Å². The van der Waals surface area contributed by atoms with Gasteiger partial charge in [0.2, 0.25) is 15.9 Å². The first kappa shape index (κ1) is 20.5. The fourth-order valence-corrected chi connectivity index (χ4v) is 3.73. The largest absolute Gasteiger partial charge is 0.497 e. The van der Waals surface area contributed by atoms with Gasteiger partial charge < -0.3 is 14.4 Å². The molecule has 26 heavy (non-hydrogen) atoms. The average Bonchev–Trinajstić information content (AvgIpc) is 2.64. The fourth-order valence-electron chi connectivity index (χ4n) is 2.90. The predicted octanol–water partition coefficient (Wildman–Crippen LogP) is 1.74. The lowest BCUT2D eigenvalue weighted by atomic mass is 10.1. The summed E-state index contributed by atoms with van der Waals surface area (Å²) in [6.45, 7) is 2.16. The smallest absolute Gasteiger partial charge is 0.223 e. The molecular formula is C18H28N2O5S. The third-order valence-corrected chi connectivity index (χ3v) is 5.72. The summed E-state index contributed by atoms with van der Waals surface area (Å²) < 4.78 is 35.9. The van der Waals surface area contributed by atoms with Gasteiger partial charge in [0.1, 0.15) is 18.1 Å². The molecule has 0 spiro atoms. The third-order valence-electron chi connectivity index (χ3n) is 4.42. The Bertz CT molecular complexity index is 669. The molecule has 0 radical (unpaired) electrons. The van der Waals surface area contributed by atoms with Gasteiger partial charge in [0.15, 0.2) is 0 Å². The van der Waals surface area contributed by atoms with Crippen molar-refractivity contribution in [3.8, 4) is 11.5 Å². The lowest BCUT2D eigenvalue weighted by molar-refractivity contribution is -0.132. The molecule has 0 N–H and O–H groups in total. The maximum Gasteiger partial charge on any atom is 0.223 e. The second-order valence-corrected chi connectivity index (χ2v) is 8.36. The fraction of sp³-hybridized carbons (Fsp3) is 0.611. The third kappa shape index (κ3) is 6.49. The van der Waals surface area contributed by atoms with Crippen molar-refractivity contribution in [2.75, 3.05) is 46.2 Å². The first-order valence-corrected chi connectivity index (χ1v) is 10.7. The van der Waals surface area contributed by atoms with Gasteiger partial charge in [-0.15, -0.1) is 0 Å².